The summed E-state index contributed by atoms with van der Waals surface area (Å²) in [5.41, 5.74) is -0.758. The van der Waals surface area contributed by atoms with Gasteiger partial charge in [0, 0.05) is 0 Å². The first-order valence-corrected chi connectivity index (χ1v) is 7.81. The summed E-state index contributed by atoms with van der Waals surface area (Å²) in [6.07, 6.45) is -3.13. The van der Waals surface area contributed by atoms with Gasteiger partial charge in [-0.3, -0.25) is 14.5 Å². The van der Waals surface area contributed by atoms with Crippen LogP contribution < -0.4 is 10.1 Å². The number of benzene rings is 1. The number of carboxylic acid groups (broad SMARTS) is 1. The third kappa shape index (κ3) is 6.38. The van der Waals surface area contributed by atoms with E-state index in [2.05, 4.69) is 5.32 Å². The smallest absolute Gasteiger partial charge is 0.416 e. The number of carboxylic acids is 1. The molecule has 1 aliphatic rings. The molecule has 1 aliphatic heterocycles. The molecule has 1 aromatic rings. The predicted octanol–water partition coefficient (Wildman–Crippen LogP) is 2.17. The SMILES string of the molecule is Cl.O=C(CN1CCC[C@@H]1C(=O)O)NCCOc1ccc(C(F)(F)F)cc1. The summed E-state index contributed by atoms with van der Waals surface area (Å²) in [6, 6.07) is 3.65. The number of rotatable bonds is 7. The van der Waals surface area contributed by atoms with Crippen molar-refractivity contribution >= 4 is 24.3 Å². The number of carbonyl (C=O) groups excluding carboxylic acids is 1. The molecule has 0 radical (unpaired) electrons. The van der Waals surface area contributed by atoms with Crippen LogP contribution in [0, 0.1) is 0 Å². The second-order valence-corrected chi connectivity index (χ2v) is 5.69. The number of amides is 1. The molecular formula is C16H20ClF3N2O4. The molecule has 0 bridgehead atoms. The fraction of sp³-hybridized carbons (Fsp3) is 0.500. The lowest BCUT2D eigenvalue weighted by Gasteiger charge is -2.20. The molecular weight excluding hydrogens is 377 g/mol. The molecule has 2 rings (SSSR count). The molecule has 10 heteroatoms. The van der Waals surface area contributed by atoms with Crippen molar-refractivity contribution in [1.29, 1.82) is 0 Å². The van der Waals surface area contributed by atoms with Crippen LogP contribution in [0.3, 0.4) is 0 Å². The van der Waals surface area contributed by atoms with E-state index in [-0.39, 0.29) is 43.8 Å². The van der Waals surface area contributed by atoms with E-state index in [1.54, 1.807) is 4.90 Å². The number of halogens is 4. The summed E-state index contributed by atoms with van der Waals surface area (Å²) < 4.78 is 42.6. The summed E-state index contributed by atoms with van der Waals surface area (Å²) in [5, 5.41) is 11.6. The molecule has 0 aliphatic carbocycles. The number of aliphatic carboxylic acids is 1. The van der Waals surface area contributed by atoms with E-state index < -0.39 is 23.8 Å². The molecule has 1 fully saturated rings. The van der Waals surface area contributed by atoms with Gasteiger partial charge in [-0.05, 0) is 43.7 Å². The Labute approximate surface area is 154 Å². The van der Waals surface area contributed by atoms with E-state index in [0.29, 0.717) is 13.0 Å². The number of hydrogen-bond donors (Lipinski definition) is 2. The van der Waals surface area contributed by atoms with Gasteiger partial charge in [0.1, 0.15) is 18.4 Å². The first-order valence-electron chi connectivity index (χ1n) is 7.81. The number of nitrogens with zero attached hydrogens (tertiary/aromatic N) is 1. The summed E-state index contributed by atoms with van der Waals surface area (Å²) >= 11 is 0. The normalized spacial score (nSPS) is 17.4. The van der Waals surface area contributed by atoms with Crippen molar-refractivity contribution in [2.75, 3.05) is 26.2 Å². The molecule has 146 valence electrons. The fourth-order valence-corrected chi connectivity index (χ4v) is 2.63. The van der Waals surface area contributed by atoms with Crippen molar-refractivity contribution in [3.05, 3.63) is 29.8 Å². The van der Waals surface area contributed by atoms with Gasteiger partial charge in [0.25, 0.3) is 0 Å². The maximum atomic E-state index is 12.4. The van der Waals surface area contributed by atoms with E-state index >= 15 is 0 Å². The minimum Gasteiger partial charge on any atom is -0.492 e. The molecule has 2 N–H and O–H groups in total. The van der Waals surface area contributed by atoms with Crippen LogP contribution in [-0.4, -0.2) is 54.2 Å². The zero-order valence-corrected chi connectivity index (χ0v) is 14.6. The number of likely N-dealkylation sites (tertiary alicyclic amines) is 1. The molecule has 1 aromatic carbocycles. The Bertz CT molecular complexity index is 611. The third-order valence-electron chi connectivity index (χ3n) is 3.87. The summed E-state index contributed by atoms with van der Waals surface area (Å²) in [4.78, 5) is 24.4. The molecule has 1 saturated heterocycles. The van der Waals surface area contributed by atoms with Crippen molar-refractivity contribution in [1.82, 2.24) is 10.2 Å². The van der Waals surface area contributed by atoms with Gasteiger partial charge < -0.3 is 15.2 Å². The zero-order valence-electron chi connectivity index (χ0n) is 13.8. The van der Waals surface area contributed by atoms with Crippen LogP contribution in [0.15, 0.2) is 24.3 Å². The lowest BCUT2D eigenvalue weighted by atomic mass is 10.2. The van der Waals surface area contributed by atoms with Crippen LogP contribution in [-0.2, 0) is 15.8 Å². The van der Waals surface area contributed by atoms with Gasteiger partial charge in [0.2, 0.25) is 5.91 Å². The van der Waals surface area contributed by atoms with Crippen LogP contribution in [0.5, 0.6) is 5.75 Å². The van der Waals surface area contributed by atoms with Crippen molar-refractivity contribution in [3.8, 4) is 5.75 Å². The lowest BCUT2D eigenvalue weighted by molar-refractivity contribution is -0.142. The average Bonchev–Trinajstić information content (AvgIpc) is 2.99. The summed E-state index contributed by atoms with van der Waals surface area (Å²) in [7, 11) is 0. The van der Waals surface area contributed by atoms with Crippen LogP contribution in [0.25, 0.3) is 0 Å². The monoisotopic (exact) mass is 396 g/mol. The topological polar surface area (TPSA) is 78.9 Å². The second-order valence-electron chi connectivity index (χ2n) is 5.69. The zero-order chi connectivity index (χ0) is 18.4. The first kappa shape index (κ1) is 22.0. The Morgan fingerprint density at radius 1 is 1.27 bits per heavy atom. The maximum Gasteiger partial charge on any atom is 0.416 e. The number of ether oxygens (including phenoxy) is 1. The highest BCUT2D eigenvalue weighted by Gasteiger charge is 2.31. The number of carbonyl (C=O) groups is 2. The van der Waals surface area contributed by atoms with Gasteiger partial charge in [0.15, 0.2) is 0 Å². The van der Waals surface area contributed by atoms with Gasteiger partial charge in [-0.1, -0.05) is 0 Å². The number of nitrogens with one attached hydrogen (secondary N) is 1. The van der Waals surface area contributed by atoms with E-state index in [4.69, 9.17) is 9.84 Å². The Balaban J connectivity index is 0.00000338. The number of hydrogen-bond acceptors (Lipinski definition) is 4. The maximum absolute atomic E-state index is 12.4. The van der Waals surface area contributed by atoms with Crippen LogP contribution in [0.2, 0.25) is 0 Å². The van der Waals surface area contributed by atoms with E-state index in [1.165, 1.54) is 12.1 Å². The molecule has 1 amide bonds. The highest BCUT2D eigenvalue weighted by atomic mass is 35.5. The first-order chi connectivity index (χ1) is 11.8. The van der Waals surface area contributed by atoms with Gasteiger partial charge >= 0.3 is 12.1 Å². The van der Waals surface area contributed by atoms with Gasteiger partial charge in [-0.2, -0.15) is 13.2 Å². The van der Waals surface area contributed by atoms with Crippen LogP contribution in [0.1, 0.15) is 18.4 Å². The van der Waals surface area contributed by atoms with E-state index in [9.17, 15) is 22.8 Å². The minimum atomic E-state index is -4.39. The van der Waals surface area contributed by atoms with E-state index in [1.807, 2.05) is 0 Å². The highest BCUT2D eigenvalue weighted by Crippen LogP contribution is 2.30. The molecule has 0 spiro atoms. The summed E-state index contributed by atoms with van der Waals surface area (Å²) in [6.45, 7) is 0.828. The standard InChI is InChI=1S/C16H19F3N2O4.ClH/c17-16(18,19)11-3-5-12(6-4-11)25-9-7-20-14(22)10-21-8-1-2-13(21)15(23)24;/h3-6,13H,1-2,7-10H2,(H,20,22)(H,23,24);1H/t13-;/m1./s1. The Morgan fingerprint density at radius 2 is 1.92 bits per heavy atom. The molecule has 6 nitrogen and oxygen atoms in total. The average molecular weight is 397 g/mol. The van der Waals surface area contributed by atoms with Crippen LogP contribution in [0.4, 0.5) is 13.2 Å². The predicted molar refractivity (Wildman–Crippen MR) is 89.4 cm³/mol. The molecule has 1 atom stereocenters. The van der Waals surface area contributed by atoms with Crippen molar-refractivity contribution in [3.63, 3.8) is 0 Å². The number of alkyl halides is 3. The quantitative estimate of drug-likeness (QED) is 0.691. The van der Waals surface area contributed by atoms with Gasteiger partial charge in [-0.15, -0.1) is 12.4 Å². The highest BCUT2D eigenvalue weighted by molar-refractivity contribution is 5.85. The van der Waals surface area contributed by atoms with E-state index in [0.717, 1.165) is 18.6 Å². The summed E-state index contributed by atoms with van der Waals surface area (Å²) in [5.74, 6) is -0.979. The molecule has 1 heterocycles. The fourth-order valence-electron chi connectivity index (χ4n) is 2.63. The van der Waals surface area contributed by atoms with Gasteiger partial charge in [-0.25, -0.2) is 0 Å². The van der Waals surface area contributed by atoms with Crippen molar-refractivity contribution in [2.24, 2.45) is 0 Å². The minimum absolute atomic E-state index is 0. The molecule has 0 aromatic heterocycles. The lowest BCUT2D eigenvalue weighted by Crippen LogP contribution is -2.43. The third-order valence-corrected chi connectivity index (χ3v) is 3.87. The van der Waals surface area contributed by atoms with Crippen molar-refractivity contribution in [2.45, 2.75) is 25.1 Å². The Morgan fingerprint density at radius 3 is 2.50 bits per heavy atom. The Kier molecular flexibility index (Phi) is 8.16. The largest absolute Gasteiger partial charge is 0.492 e. The molecule has 0 unspecified atom stereocenters. The molecule has 0 saturated carbocycles. The van der Waals surface area contributed by atoms with Crippen molar-refractivity contribution < 1.29 is 32.6 Å². The molecule has 26 heavy (non-hydrogen) atoms. The Hall–Kier alpha value is -2.00. The van der Waals surface area contributed by atoms with Crippen LogP contribution >= 0.6 is 12.4 Å². The second kappa shape index (κ2) is 9.63. The van der Waals surface area contributed by atoms with Gasteiger partial charge in [0.05, 0.1) is 18.7 Å².